The van der Waals surface area contributed by atoms with E-state index in [1.54, 1.807) is 0 Å². The Morgan fingerprint density at radius 3 is 2.47 bits per heavy atom. The van der Waals surface area contributed by atoms with Crippen molar-refractivity contribution in [2.75, 3.05) is 19.8 Å². The van der Waals surface area contributed by atoms with Crippen molar-refractivity contribution in [2.45, 2.75) is 63.5 Å². The number of aliphatic hydroxyl groups is 1. The van der Waals surface area contributed by atoms with E-state index in [0.717, 1.165) is 13.0 Å². The molecular weight excluding hydrogens is 214 g/mol. The summed E-state index contributed by atoms with van der Waals surface area (Å²) in [6.07, 6.45) is 9.07. The van der Waals surface area contributed by atoms with Gasteiger partial charge in [0, 0.05) is 0 Å². The van der Waals surface area contributed by atoms with Gasteiger partial charge in [-0.05, 0) is 44.6 Å². The number of aliphatic hydroxyl groups excluding tert-OH is 1. The zero-order valence-corrected chi connectivity index (χ0v) is 11.1. The van der Waals surface area contributed by atoms with E-state index < -0.39 is 0 Å². The number of ether oxygens (including phenoxy) is 1. The average Bonchev–Trinajstić information content (AvgIpc) is 3.08. The first-order chi connectivity index (χ1) is 8.30. The van der Waals surface area contributed by atoms with Gasteiger partial charge in [-0.3, -0.25) is 0 Å². The summed E-state index contributed by atoms with van der Waals surface area (Å²) in [7, 11) is 0. The summed E-state index contributed by atoms with van der Waals surface area (Å²) in [6.45, 7) is 4.05. The van der Waals surface area contributed by atoms with Gasteiger partial charge in [-0.15, -0.1) is 0 Å². The van der Waals surface area contributed by atoms with Gasteiger partial charge in [-0.2, -0.15) is 0 Å². The first-order valence-corrected chi connectivity index (χ1v) is 7.28. The van der Waals surface area contributed by atoms with Crippen LogP contribution in [0.4, 0.5) is 0 Å². The average molecular weight is 241 g/mol. The lowest BCUT2D eigenvalue weighted by molar-refractivity contribution is -0.0152. The minimum absolute atomic E-state index is 0.154. The van der Waals surface area contributed by atoms with Crippen LogP contribution in [-0.2, 0) is 4.74 Å². The zero-order valence-electron chi connectivity index (χ0n) is 11.1. The second-order valence-electron chi connectivity index (χ2n) is 5.73. The Balaban J connectivity index is 1.84. The Bertz CT molecular complexity index is 224. The summed E-state index contributed by atoms with van der Waals surface area (Å²) in [5.74, 6) is 0.625. The Hall–Kier alpha value is -0.120. The molecule has 0 amide bonds. The van der Waals surface area contributed by atoms with E-state index in [1.807, 2.05) is 0 Å². The maximum atomic E-state index is 9.75. The van der Waals surface area contributed by atoms with Gasteiger partial charge in [-0.1, -0.05) is 19.8 Å². The molecule has 3 heteroatoms. The lowest BCUT2D eigenvalue weighted by Gasteiger charge is -2.34. The van der Waals surface area contributed by atoms with Crippen molar-refractivity contribution in [3.63, 3.8) is 0 Å². The van der Waals surface area contributed by atoms with E-state index in [9.17, 15) is 5.11 Å². The smallest absolute Gasteiger partial charge is 0.0679 e. The third-order valence-corrected chi connectivity index (χ3v) is 4.25. The van der Waals surface area contributed by atoms with Crippen LogP contribution in [-0.4, -0.2) is 36.5 Å². The molecule has 3 nitrogen and oxygen atoms in total. The highest BCUT2D eigenvalue weighted by atomic mass is 16.5. The van der Waals surface area contributed by atoms with E-state index in [4.69, 9.17) is 4.74 Å². The Morgan fingerprint density at radius 1 is 1.24 bits per heavy atom. The fourth-order valence-electron chi connectivity index (χ4n) is 2.88. The number of hydrogen-bond donors (Lipinski definition) is 2. The minimum Gasteiger partial charge on any atom is -0.394 e. The Kier molecular flexibility index (Phi) is 4.83. The molecule has 0 aromatic rings. The third-order valence-electron chi connectivity index (χ3n) is 4.25. The molecule has 2 fully saturated rings. The van der Waals surface area contributed by atoms with Crippen LogP contribution in [0.5, 0.6) is 0 Å². The molecule has 2 rings (SSSR count). The standard InChI is InChI=1S/C14H27NO2/c1-2-9-15-14(10-16,12-7-8-12)11-17-13-5-3-4-6-13/h12-13,15-16H,2-11H2,1H3. The van der Waals surface area contributed by atoms with Crippen molar-refractivity contribution in [3.8, 4) is 0 Å². The van der Waals surface area contributed by atoms with E-state index in [2.05, 4.69) is 12.2 Å². The first-order valence-electron chi connectivity index (χ1n) is 7.28. The summed E-state index contributed by atoms with van der Waals surface area (Å²) >= 11 is 0. The van der Waals surface area contributed by atoms with Crippen LogP contribution in [0.25, 0.3) is 0 Å². The summed E-state index contributed by atoms with van der Waals surface area (Å²) in [5.41, 5.74) is -0.154. The highest BCUT2D eigenvalue weighted by molar-refractivity contribution is 5.01. The van der Waals surface area contributed by atoms with Crippen LogP contribution in [0, 0.1) is 5.92 Å². The number of rotatable bonds is 8. The van der Waals surface area contributed by atoms with E-state index in [0.29, 0.717) is 18.6 Å². The lowest BCUT2D eigenvalue weighted by Crippen LogP contribution is -2.55. The highest BCUT2D eigenvalue weighted by Gasteiger charge is 2.45. The van der Waals surface area contributed by atoms with Crippen molar-refractivity contribution >= 4 is 0 Å². The lowest BCUT2D eigenvalue weighted by atomic mass is 9.95. The molecular formula is C14H27NO2. The molecule has 0 radical (unpaired) electrons. The highest BCUT2D eigenvalue weighted by Crippen LogP contribution is 2.40. The van der Waals surface area contributed by atoms with Gasteiger partial charge in [0.05, 0.1) is 24.9 Å². The summed E-state index contributed by atoms with van der Waals surface area (Å²) in [4.78, 5) is 0. The van der Waals surface area contributed by atoms with Crippen molar-refractivity contribution in [1.29, 1.82) is 0 Å². The van der Waals surface area contributed by atoms with Crippen molar-refractivity contribution in [3.05, 3.63) is 0 Å². The second kappa shape index (κ2) is 6.17. The molecule has 2 aliphatic carbocycles. The molecule has 0 saturated heterocycles. The maximum Gasteiger partial charge on any atom is 0.0679 e. The fraction of sp³-hybridized carbons (Fsp3) is 1.00. The summed E-state index contributed by atoms with van der Waals surface area (Å²) in [5, 5.41) is 13.3. The van der Waals surface area contributed by atoms with Crippen LogP contribution >= 0.6 is 0 Å². The van der Waals surface area contributed by atoms with Gasteiger partial charge in [0.15, 0.2) is 0 Å². The van der Waals surface area contributed by atoms with Crippen molar-refractivity contribution in [1.82, 2.24) is 5.32 Å². The summed E-state index contributed by atoms with van der Waals surface area (Å²) in [6, 6.07) is 0. The topological polar surface area (TPSA) is 41.5 Å². The SMILES string of the molecule is CCCNC(CO)(COC1CCCC1)C1CC1. The predicted octanol–water partition coefficient (Wildman–Crippen LogP) is 2.09. The quantitative estimate of drug-likeness (QED) is 0.683. The molecule has 2 saturated carbocycles. The molecule has 2 N–H and O–H groups in total. The largest absolute Gasteiger partial charge is 0.394 e. The summed E-state index contributed by atoms with van der Waals surface area (Å²) < 4.78 is 6.04. The van der Waals surface area contributed by atoms with E-state index in [1.165, 1.54) is 38.5 Å². The third kappa shape index (κ3) is 3.43. The molecule has 2 aliphatic rings. The van der Waals surface area contributed by atoms with Crippen LogP contribution in [0.1, 0.15) is 51.9 Å². The van der Waals surface area contributed by atoms with Crippen molar-refractivity contribution in [2.24, 2.45) is 5.92 Å². The van der Waals surface area contributed by atoms with Gasteiger partial charge < -0.3 is 15.2 Å². The molecule has 1 atom stereocenters. The molecule has 0 aromatic heterocycles. The van der Waals surface area contributed by atoms with Crippen LogP contribution in [0.15, 0.2) is 0 Å². The van der Waals surface area contributed by atoms with Gasteiger partial charge >= 0.3 is 0 Å². The maximum absolute atomic E-state index is 9.75. The molecule has 17 heavy (non-hydrogen) atoms. The Morgan fingerprint density at radius 2 is 1.94 bits per heavy atom. The second-order valence-corrected chi connectivity index (χ2v) is 5.73. The van der Waals surface area contributed by atoms with Crippen LogP contribution in [0.2, 0.25) is 0 Å². The van der Waals surface area contributed by atoms with Gasteiger partial charge in [0.25, 0.3) is 0 Å². The number of hydrogen-bond acceptors (Lipinski definition) is 3. The molecule has 0 bridgehead atoms. The van der Waals surface area contributed by atoms with E-state index in [-0.39, 0.29) is 12.1 Å². The monoisotopic (exact) mass is 241 g/mol. The van der Waals surface area contributed by atoms with Gasteiger partial charge in [-0.25, -0.2) is 0 Å². The van der Waals surface area contributed by atoms with Crippen molar-refractivity contribution < 1.29 is 9.84 Å². The zero-order chi connectivity index (χ0) is 12.1. The van der Waals surface area contributed by atoms with E-state index >= 15 is 0 Å². The van der Waals surface area contributed by atoms with Crippen LogP contribution < -0.4 is 5.32 Å². The molecule has 0 heterocycles. The normalized spacial score (nSPS) is 25.1. The minimum atomic E-state index is -0.154. The molecule has 0 aliphatic heterocycles. The number of nitrogens with one attached hydrogen (secondary N) is 1. The molecule has 0 aromatic carbocycles. The predicted molar refractivity (Wildman–Crippen MR) is 69.0 cm³/mol. The fourth-order valence-corrected chi connectivity index (χ4v) is 2.88. The molecule has 0 spiro atoms. The molecule has 100 valence electrons. The first kappa shape index (κ1) is 13.3. The van der Waals surface area contributed by atoms with Crippen LogP contribution in [0.3, 0.4) is 0 Å². The Labute approximate surface area is 105 Å². The van der Waals surface area contributed by atoms with Gasteiger partial charge in [0.2, 0.25) is 0 Å². The van der Waals surface area contributed by atoms with Gasteiger partial charge in [0.1, 0.15) is 0 Å². The molecule has 1 unspecified atom stereocenters.